The SMILES string of the molecule is CC(=O)OCc1nc(N)ncc1Br. The lowest BCUT2D eigenvalue weighted by atomic mass is 10.4. The van der Waals surface area contributed by atoms with E-state index in [2.05, 4.69) is 25.9 Å². The zero-order valence-electron chi connectivity index (χ0n) is 6.95. The minimum Gasteiger partial charge on any atom is -0.459 e. The number of nitrogen functional groups attached to an aromatic ring is 1. The van der Waals surface area contributed by atoms with Crippen molar-refractivity contribution in [2.24, 2.45) is 0 Å². The lowest BCUT2D eigenvalue weighted by Gasteiger charge is -2.03. The summed E-state index contributed by atoms with van der Waals surface area (Å²) in [5.74, 6) is -0.200. The number of rotatable bonds is 2. The molecule has 1 aromatic rings. The van der Waals surface area contributed by atoms with Crippen LogP contribution in [0.25, 0.3) is 0 Å². The van der Waals surface area contributed by atoms with Crippen molar-refractivity contribution in [1.29, 1.82) is 0 Å². The van der Waals surface area contributed by atoms with E-state index >= 15 is 0 Å². The van der Waals surface area contributed by atoms with Crippen LogP contribution >= 0.6 is 15.9 Å². The molecular weight excluding hydrogens is 238 g/mol. The maximum Gasteiger partial charge on any atom is 0.303 e. The van der Waals surface area contributed by atoms with E-state index in [0.717, 1.165) is 0 Å². The highest BCUT2D eigenvalue weighted by Crippen LogP contribution is 2.14. The van der Waals surface area contributed by atoms with Gasteiger partial charge in [-0.25, -0.2) is 9.97 Å². The smallest absolute Gasteiger partial charge is 0.303 e. The first-order valence-corrected chi connectivity index (χ1v) is 4.29. The summed E-state index contributed by atoms with van der Waals surface area (Å²) in [7, 11) is 0. The van der Waals surface area contributed by atoms with Gasteiger partial charge in [0.1, 0.15) is 6.61 Å². The summed E-state index contributed by atoms with van der Waals surface area (Å²) < 4.78 is 5.42. The molecule has 0 atom stereocenters. The molecule has 1 rings (SSSR count). The van der Waals surface area contributed by atoms with Crippen LogP contribution in [0.4, 0.5) is 5.95 Å². The third kappa shape index (κ3) is 2.98. The van der Waals surface area contributed by atoms with E-state index in [9.17, 15) is 4.79 Å². The van der Waals surface area contributed by atoms with Gasteiger partial charge in [-0.2, -0.15) is 0 Å². The highest BCUT2D eigenvalue weighted by molar-refractivity contribution is 9.10. The van der Waals surface area contributed by atoms with Gasteiger partial charge in [-0.3, -0.25) is 4.79 Å². The third-order valence-electron chi connectivity index (χ3n) is 1.25. The van der Waals surface area contributed by atoms with Gasteiger partial charge in [0.25, 0.3) is 0 Å². The average Bonchev–Trinajstić information content (AvgIpc) is 2.06. The molecule has 70 valence electrons. The molecule has 0 amide bonds. The number of nitrogens with zero attached hydrogens (tertiary/aromatic N) is 2. The summed E-state index contributed by atoms with van der Waals surface area (Å²) >= 11 is 3.21. The van der Waals surface area contributed by atoms with Crippen LogP contribution in [-0.2, 0) is 16.1 Å². The Kier molecular flexibility index (Phi) is 3.18. The first-order chi connectivity index (χ1) is 6.09. The summed E-state index contributed by atoms with van der Waals surface area (Å²) in [6.45, 7) is 1.43. The maximum absolute atomic E-state index is 10.5. The molecule has 0 unspecified atom stereocenters. The van der Waals surface area contributed by atoms with Crippen LogP contribution in [0.5, 0.6) is 0 Å². The maximum atomic E-state index is 10.5. The first-order valence-electron chi connectivity index (χ1n) is 3.50. The van der Waals surface area contributed by atoms with Crippen molar-refractivity contribution < 1.29 is 9.53 Å². The van der Waals surface area contributed by atoms with E-state index in [1.54, 1.807) is 0 Å². The number of halogens is 1. The number of hydrogen-bond donors (Lipinski definition) is 1. The van der Waals surface area contributed by atoms with Crippen molar-refractivity contribution >= 4 is 27.8 Å². The van der Waals surface area contributed by atoms with E-state index in [4.69, 9.17) is 10.5 Å². The van der Waals surface area contributed by atoms with E-state index in [1.165, 1.54) is 13.1 Å². The number of anilines is 1. The Bertz CT molecular complexity index is 330. The second-order valence-corrected chi connectivity index (χ2v) is 3.16. The van der Waals surface area contributed by atoms with Crippen molar-refractivity contribution in [1.82, 2.24) is 9.97 Å². The fourth-order valence-electron chi connectivity index (χ4n) is 0.689. The first kappa shape index (κ1) is 9.91. The molecule has 0 fully saturated rings. The van der Waals surface area contributed by atoms with Crippen LogP contribution in [0.2, 0.25) is 0 Å². The molecule has 1 heterocycles. The normalized spacial score (nSPS) is 9.69. The van der Waals surface area contributed by atoms with E-state index < -0.39 is 0 Å². The minimum absolute atomic E-state index is 0.0998. The second-order valence-electron chi connectivity index (χ2n) is 2.30. The topological polar surface area (TPSA) is 78.1 Å². The number of esters is 1. The Labute approximate surface area is 83.4 Å². The van der Waals surface area contributed by atoms with Crippen LogP contribution in [0.15, 0.2) is 10.7 Å². The van der Waals surface area contributed by atoms with Gasteiger partial charge < -0.3 is 10.5 Å². The van der Waals surface area contributed by atoms with E-state index in [0.29, 0.717) is 10.2 Å². The van der Waals surface area contributed by atoms with E-state index in [-0.39, 0.29) is 18.5 Å². The van der Waals surface area contributed by atoms with Crippen molar-refractivity contribution in [3.8, 4) is 0 Å². The Morgan fingerprint density at radius 1 is 1.77 bits per heavy atom. The molecule has 0 aliphatic heterocycles. The van der Waals surface area contributed by atoms with Crippen molar-refractivity contribution in [2.45, 2.75) is 13.5 Å². The number of aromatic nitrogens is 2. The van der Waals surface area contributed by atoms with Crippen LogP contribution in [0.1, 0.15) is 12.6 Å². The van der Waals surface area contributed by atoms with Gasteiger partial charge >= 0.3 is 5.97 Å². The summed E-state index contributed by atoms with van der Waals surface area (Å²) in [6, 6.07) is 0. The Hall–Kier alpha value is -1.17. The molecule has 0 spiro atoms. The van der Waals surface area contributed by atoms with Crippen LogP contribution in [0, 0.1) is 0 Å². The molecule has 5 nitrogen and oxygen atoms in total. The zero-order valence-corrected chi connectivity index (χ0v) is 8.54. The monoisotopic (exact) mass is 245 g/mol. The molecule has 0 aliphatic carbocycles. The average molecular weight is 246 g/mol. The lowest BCUT2D eigenvalue weighted by Crippen LogP contribution is -2.04. The molecule has 0 aromatic carbocycles. The number of ether oxygens (including phenoxy) is 1. The van der Waals surface area contributed by atoms with Gasteiger partial charge in [-0.15, -0.1) is 0 Å². The molecule has 0 radical (unpaired) electrons. The molecule has 0 saturated heterocycles. The molecule has 6 heteroatoms. The summed E-state index contributed by atoms with van der Waals surface area (Å²) in [5.41, 5.74) is 5.91. The van der Waals surface area contributed by atoms with Gasteiger partial charge in [0.15, 0.2) is 0 Å². The zero-order chi connectivity index (χ0) is 9.84. The molecule has 0 bridgehead atoms. The van der Waals surface area contributed by atoms with E-state index in [1.807, 2.05) is 0 Å². The summed E-state index contributed by atoms with van der Waals surface area (Å²) in [5, 5.41) is 0. The number of hydrogen-bond acceptors (Lipinski definition) is 5. The summed E-state index contributed by atoms with van der Waals surface area (Å²) in [6.07, 6.45) is 1.52. The third-order valence-corrected chi connectivity index (χ3v) is 1.91. The standard InChI is InChI=1S/C7H8BrN3O2/c1-4(12)13-3-6-5(8)2-10-7(9)11-6/h2H,3H2,1H3,(H2,9,10,11). The molecule has 1 aromatic heterocycles. The largest absolute Gasteiger partial charge is 0.459 e. The fourth-order valence-corrected chi connectivity index (χ4v) is 0.995. The Morgan fingerprint density at radius 3 is 3.08 bits per heavy atom. The number of carbonyl (C=O) groups excluding carboxylic acids is 1. The van der Waals surface area contributed by atoms with Crippen LogP contribution in [0.3, 0.4) is 0 Å². The van der Waals surface area contributed by atoms with Crippen molar-refractivity contribution in [2.75, 3.05) is 5.73 Å². The molecular formula is C7H8BrN3O2. The fraction of sp³-hybridized carbons (Fsp3) is 0.286. The number of nitrogens with two attached hydrogens (primary N) is 1. The van der Waals surface area contributed by atoms with Crippen LogP contribution in [-0.4, -0.2) is 15.9 Å². The Balaban J connectivity index is 2.75. The van der Waals surface area contributed by atoms with Gasteiger partial charge in [-0.1, -0.05) is 0 Å². The predicted octanol–water partition coefficient (Wildman–Crippen LogP) is 0.884. The van der Waals surface area contributed by atoms with Crippen LogP contribution < -0.4 is 5.73 Å². The van der Waals surface area contributed by atoms with Crippen molar-refractivity contribution in [3.63, 3.8) is 0 Å². The highest BCUT2D eigenvalue weighted by atomic mass is 79.9. The van der Waals surface area contributed by atoms with Crippen molar-refractivity contribution in [3.05, 3.63) is 16.4 Å². The second kappa shape index (κ2) is 4.18. The number of carbonyl (C=O) groups is 1. The minimum atomic E-state index is -0.357. The van der Waals surface area contributed by atoms with Gasteiger partial charge in [0, 0.05) is 13.1 Å². The quantitative estimate of drug-likeness (QED) is 0.784. The highest BCUT2D eigenvalue weighted by Gasteiger charge is 2.04. The lowest BCUT2D eigenvalue weighted by molar-refractivity contribution is -0.142. The predicted molar refractivity (Wildman–Crippen MR) is 49.6 cm³/mol. The van der Waals surface area contributed by atoms with Gasteiger partial charge in [0.2, 0.25) is 5.95 Å². The van der Waals surface area contributed by atoms with Gasteiger partial charge in [0.05, 0.1) is 10.2 Å². The molecule has 0 saturated carbocycles. The molecule has 2 N–H and O–H groups in total. The molecule has 0 aliphatic rings. The Morgan fingerprint density at radius 2 is 2.46 bits per heavy atom. The van der Waals surface area contributed by atoms with Gasteiger partial charge in [-0.05, 0) is 15.9 Å². The summed E-state index contributed by atoms with van der Waals surface area (Å²) in [4.78, 5) is 18.1. The molecule has 13 heavy (non-hydrogen) atoms.